The molecule has 0 aromatic heterocycles. The Hall–Kier alpha value is -1.82. The fraction of sp³-hybridized carbons (Fsp3) is 0.588. The van der Waals surface area contributed by atoms with E-state index >= 15 is 0 Å². The Morgan fingerprint density at radius 1 is 0.588 bits per heavy atom. The maximum Gasteiger partial charge on any atom is -0.0184 e. The van der Waals surface area contributed by atoms with Gasteiger partial charge in [0.15, 0.2) is 0 Å². The SMILES string of the molecule is CCCCCc1ccc(-c2ccc(CCC3C=CC(C4CCC(CCC)CC4)CC3)cc2)cc1. The number of hydrogen-bond acceptors (Lipinski definition) is 0. The van der Waals surface area contributed by atoms with Gasteiger partial charge in [-0.3, -0.25) is 0 Å². The first-order valence-electron chi connectivity index (χ1n) is 14.6. The van der Waals surface area contributed by atoms with Gasteiger partial charge in [-0.15, -0.1) is 0 Å². The standard InChI is InChI=1S/C34H48/c1-3-5-6-8-28-13-21-32(22-14-28)34-25-17-30(18-26-34)10-9-29-15-23-33(24-16-29)31-19-11-27(7-4-2)12-20-31/h13-15,17-18,21-23,25-27,29,31,33H,3-12,16,19-20,24H2,1-2H3. The number of benzene rings is 2. The molecule has 0 nitrogen and oxygen atoms in total. The molecule has 0 spiro atoms. The van der Waals surface area contributed by atoms with Crippen LogP contribution in [0.4, 0.5) is 0 Å². The second-order valence-corrected chi connectivity index (χ2v) is 11.3. The lowest BCUT2D eigenvalue weighted by Crippen LogP contribution is -2.23. The van der Waals surface area contributed by atoms with Crippen molar-refractivity contribution in [2.45, 2.75) is 104 Å². The highest BCUT2D eigenvalue weighted by Gasteiger charge is 2.28. The van der Waals surface area contributed by atoms with Crippen LogP contribution < -0.4 is 0 Å². The summed E-state index contributed by atoms with van der Waals surface area (Å²) >= 11 is 0. The van der Waals surface area contributed by atoms with Gasteiger partial charge in [0, 0.05) is 0 Å². The summed E-state index contributed by atoms with van der Waals surface area (Å²) in [6.45, 7) is 4.62. The van der Waals surface area contributed by atoms with Crippen LogP contribution in [0.5, 0.6) is 0 Å². The van der Waals surface area contributed by atoms with E-state index in [-0.39, 0.29) is 0 Å². The Kier molecular flexibility index (Phi) is 9.90. The molecular weight excluding hydrogens is 408 g/mol. The summed E-state index contributed by atoms with van der Waals surface area (Å²) in [4.78, 5) is 0. The average molecular weight is 457 g/mol. The van der Waals surface area contributed by atoms with Crippen LogP contribution in [-0.4, -0.2) is 0 Å². The van der Waals surface area contributed by atoms with Gasteiger partial charge in [0.05, 0.1) is 0 Å². The van der Waals surface area contributed by atoms with Gasteiger partial charge in [0.25, 0.3) is 0 Å². The lowest BCUT2D eigenvalue weighted by atomic mass is 9.71. The van der Waals surface area contributed by atoms with Gasteiger partial charge in [-0.25, -0.2) is 0 Å². The second kappa shape index (κ2) is 13.3. The van der Waals surface area contributed by atoms with Crippen molar-refractivity contribution in [2.75, 3.05) is 0 Å². The number of allylic oxidation sites excluding steroid dienone is 2. The first-order valence-corrected chi connectivity index (χ1v) is 14.6. The Morgan fingerprint density at radius 2 is 1.24 bits per heavy atom. The van der Waals surface area contributed by atoms with Crippen LogP contribution >= 0.6 is 0 Å². The molecule has 2 atom stereocenters. The summed E-state index contributed by atoms with van der Waals surface area (Å²) < 4.78 is 0. The molecule has 0 aliphatic heterocycles. The van der Waals surface area contributed by atoms with Crippen LogP contribution in [0.25, 0.3) is 11.1 Å². The fourth-order valence-electron chi connectivity index (χ4n) is 6.50. The first kappa shape index (κ1) is 25.3. The monoisotopic (exact) mass is 456 g/mol. The van der Waals surface area contributed by atoms with Crippen molar-refractivity contribution >= 4 is 0 Å². The Morgan fingerprint density at radius 3 is 1.79 bits per heavy atom. The summed E-state index contributed by atoms with van der Waals surface area (Å²) in [7, 11) is 0. The van der Waals surface area contributed by atoms with Gasteiger partial charge in [-0.1, -0.05) is 113 Å². The quantitative estimate of drug-likeness (QED) is 0.233. The average Bonchev–Trinajstić information content (AvgIpc) is 2.89. The zero-order valence-corrected chi connectivity index (χ0v) is 22.0. The summed E-state index contributed by atoms with van der Waals surface area (Å²) in [5, 5.41) is 0. The predicted molar refractivity (Wildman–Crippen MR) is 149 cm³/mol. The van der Waals surface area contributed by atoms with Crippen molar-refractivity contribution in [2.24, 2.45) is 23.7 Å². The zero-order valence-electron chi connectivity index (χ0n) is 22.0. The van der Waals surface area contributed by atoms with Gasteiger partial charge < -0.3 is 0 Å². The molecule has 2 unspecified atom stereocenters. The number of rotatable bonds is 11. The Bertz CT molecular complexity index is 848. The topological polar surface area (TPSA) is 0 Å². The molecule has 34 heavy (non-hydrogen) atoms. The van der Waals surface area contributed by atoms with E-state index in [1.807, 2.05) is 0 Å². The highest BCUT2D eigenvalue weighted by molar-refractivity contribution is 5.64. The third-order valence-electron chi connectivity index (χ3n) is 8.81. The van der Waals surface area contributed by atoms with Crippen LogP contribution in [0.2, 0.25) is 0 Å². The van der Waals surface area contributed by atoms with E-state index in [1.54, 1.807) is 0 Å². The summed E-state index contributed by atoms with van der Waals surface area (Å²) in [5.74, 6) is 3.66. The molecule has 2 aromatic carbocycles. The van der Waals surface area contributed by atoms with Crippen LogP contribution in [0.1, 0.15) is 102 Å². The van der Waals surface area contributed by atoms with Crippen molar-refractivity contribution < 1.29 is 0 Å². The molecule has 184 valence electrons. The number of unbranched alkanes of at least 4 members (excludes halogenated alkanes) is 2. The highest BCUT2D eigenvalue weighted by atomic mass is 14.3. The van der Waals surface area contributed by atoms with Crippen molar-refractivity contribution in [3.8, 4) is 11.1 Å². The molecule has 4 rings (SSSR count). The van der Waals surface area contributed by atoms with Gasteiger partial charge >= 0.3 is 0 Å². The number of aryl methyl sites for hydroxylation is 2. The van der Waals surface area contributed by atoms with E-state index < -0.39 is 0 Å². The molecule has 0 N–H and O–H groups in total. The lowest BCUT2D eigenvalue weighted by Gasteiger charge is -2.35. The van der Waals surface area contributed by atoms with Crippen molar-refractivity contribution in [1.82, 2.24) is 0 Å². The fourth-order valence-corrected chi connectivity index (χ4v) is 6.50. The Balaban J connectivity index is 1.21. The molecule has 2 aromatic rings. The zero-order chi connectivity index (χ0) is 23.6. The highest BCUT2D eigenvalue weighted by Crippen LogP contribution is 2.40. The normalized spacial score (nSPS) is 24.9. The molecule has 0 amide bonds. The molecule has 0 radical (unpaired) electrons. The largest absolute Gasteiger partial charge is 0.0851 e. The Labute approximate surface area is 210 Å². The third kappa shape index (κ3) is 7.34. The minimum atomic E-state index is 0.785. The van der Waals surface area contributed by atoms with Crippen LogP contribution in [0, 0.1) is 23.7 Å². The minimum absolute atomic E-state index is 0.785. The van der Waals surface area contributed by atoms with E-state index in [2.05, 4.69) is 74.5 Å². The van der Waals surface area contributed by atoms with Crippen LogP contribution in [0.15, 0.2) is 60.7 Å². The molecule has 1 saturated carbocycles. The lowest BCUT2D eigenvalue weighted by molar-refractivity contribution is 0.204. The van der Waals surface area contributed by atoms with E-state index in [0.29, 0.717) is 0 Å². The molecule has 0 heteroatoms. The molecule has 2 aliphatic rings. The predicted octanol–water partition coefficient (Wildman–Crippen LogP) is 10.2. The van der Waals surface area contributed by atoms with Crippen LogP contribution in [-0.2, 0) is 12.8 Å². The second-order valence-electron chi connectivity index (χ2n) is 11.3. The van der Waals surface area contributed by atoms with E-state index in [0.717, 1.165) is 23.7 Å². The molecule has 0 bridgehead atoms. The van der Waals surface area contributed by atoms with Crippen molar-refractivity contribution in [1.29, 1.82) is 0 Å². The van der Waals surface area contributed by atoms with E-state index in [4.69, 9.17) is 0 Å². The number of hydrogen-bond donors (Lipinski definition) is 0. The van der Waals surface area contributed by atoms with Crippen LogP contribution in [0.3, 0.4) is 0 Å². The summed E-state index contributed by atoms with van der Waals surface area (Å²) in [6, 6.07) is 18.6. The maximum atomic E-state index is 2.62. The molecule has 0 saturated heterocycles. The van der Waals surface area contributed by atoms with Crippen molar-refractivity contribution in [3.63, 3.8) is 0 Å². The van der Waals surface area contributed by atoms with E-state index in [9.17, 15) is 0 Å². The summed E-state index contributed by atoms with van der Waals surface area (Å²) in [6.07, 6.45) is 24.5. The third-order valence-corrected chi connectivity index (χ3v) is 8.81. The molecular formula is C34H48. The first-order chi connectivity index (χ1) is 16.7. The molecule has 1 fully saturated rings. The maximum absolute atomic E-state index is 2.62. The van der Waals surface area contributed by atoms with E-state index in [1.165, 1.54) is 112 Å². The van der Waals surface area contributed by atoms with Gasteiger partial charge in [-0.2, -0.15) is 0 Å². The molecule has 2 aliphatic carbocycles. The minimum Gasteiger partial charge on any atom is -0.0851 e. The van der Waals surface area contributed by atoms with Gasteiger partial charge in [0.1, 0.15) is 0 Å². The molecule has 0 heterocycles. The van der Waals surface area contributed by atoms with Crippen molar-refractivity contribution in [3.05, 3.63) is 71.8 Å². The van der Waals surface area contributed by atoms with Gasteiger partial charge in [-0.05, 0) is 97.3 Å². The van der Waals surface area contributed by atoms with Gasteiger partial charge in [0.2, 0.25) is 0 Å². The smallest absolute Gasteiger partial charge is 0.0184 e. The summed E-state index contributed by atoms with van der Waals surface area (Å²) in [5.41, 5.74) is 5.65.